The first kappa shape index (κ1) is 17.1. The highest BCUT2D eigenvalue weighted by Crippen LogP contribution is 2.40. The fourth-order valence-electron chi connectivity index (χ4n) is 2.96. The summed E-state index contributed by atoms with van der Waals surface area (Å²) in [5.74, 6) is -0.228. The molecule has 4 heteroatoms. The molecule has 0 radical (unpaired) electrons. The highest BCUT2D eigenvalue weighted by Gasteiger charge is 2.26. The molecule has 1 aromatic rings. The number of nitrogens with zero attached hydrogens (tertiary/aromatic N) is 2. The van der Waals surface area contributed by atoms with Gasteiger partial charge >= 0.3 is 0 Å². The van der Waals surface area contributed by atoms with E-state index in [1.165, 1.54) is 24.0 Å². The second kappa shape index (κ2) is 7.36. The van der Waals surface area contributed by atoms with Gasteiger partial charge in [0.1, 0.15) is 0 Å². The maximum absolute atomic E-state index is 11.9. The number of amides is 1. The second-order valence-electron chi connectivity index (χ2n) is 6.69. The number of nitrogens with one attached hydrogen (secondary N) is 1. The van der Waals surface area contributed by atoms with E-state index >= 15 is 0 Å². The number of pyridine rings is 1. The number of allylic oxidation sites excluding steroid dienone is 4. The van der Waals surface area contributed by atoms with Crippen LogP contribution in [0.1, 0.15) is 57.3 Å². The summed E-state index contributed by atoms with van der Waals surface area (Å²) in [6.45, 7) is 8.66. The molecule has 1 aromatic heterocycles. The summed E-state index contributed by atoms with van der Waals surface area (Å²) in [6.07, 6.45) is 10.9. The van der Waals surface area contributed by atoms with E-state index in [0.29, 0.717) is 5.56 Å². The normalized spacial score (nSPS) is 18.3. The first-order chi connectivity index (χ1) is 10.9. The Morgan fingerprint density at radius 3 is 2.70 bits per heavy atom. The van der Waals surface area contributed by atoms with Crippen molar-refractivity contribution in [1.82, 2.24) is 10.4 Å². The van der Waals surface area contributed by atoms with Crippen LogP contribution >= 0.6 is 0 Å². The van der Waals surface area contributed by atoms with Crippen LogP contribution in [0.3, 0.4) is 0 Å². The second-order valence-corrected chi connectivity index (χ2v) is 6.69. The fourth-order valence-corrected chi connectivity index (χ4v) is 2.96. The van der Waals surface area contributed by atoms with Gasteiger partial charge in [-0.2, -0.15) is 5.10 Å². The SMILES string of the molecule is CC1=C(C=C/C(C)=N/NC(=O)c2ccncc2)C(C)(C)CCC1. The van der Waals surface area contributed by atoms with Crippen LogP contribution in [0.4, 0.5) is 0 Å². The molecule has 1 amide bonds. The smallest absolute Gasteiger partial charge is 0.267 e. The van der Waals surface area contributed by atoms with Gasteiger partial charge in [0.05, 0.1) is 5.71 Å². The Hall–Kier alpha value is -2.23. The molecule has 0 unspecified atom stereocenters. The minimum atomic E-state index is -0.228. The van der Waals surface area contributed by atoms with Crippen molar-refractivity contribution in [3.63, 3.8) is 0 Å². The topological polar surface area (TPSA) is 54.4 Å². The molecule has 2 rings (SSSR count). The van der Waals surface area contributed by atoms with Crippen molar-refractivity contribution in [1.29, 1.82) is 0 Å². The third kappa shape index (κ3) is 4.62. The minimum absolute atomic E-state index is 0.208. The Bertz CT molecular complexity index is 654. The van der Waals surface area contributed by atoms with E-state index in [9.17, 15) is 4.79 Å². The maximum atomic E-state index is 11.9. The summed E-state index contributed by atoms with van der Waals surface area (Å²) >= 11 is 0. The standard InChI is InChI=1S/C19H25N3O/c1-14-6-5-11-19(3,4)17(14)8-7-15(2)21-22-18(23)16-9-12-20-13-10-16/h7-10,12-13H,5-6,11H2,1-4H3,(H,22,23)/b8-7?,21-15+. The summed E-state index contributed by atoms with van der Waals surface area (Å²) in [7, 11) is 0. The van der Waals surface area contributed by atoms with E-state index < -0.39 is 0 Å². The van der Waals surface area contributed by atoms with Gasteiger partial charge in [-0.1, -0.05) is 25.5 Å². The lowest BCUT2D eigenvalue weighted by atomic mass is 9.72. The van der Waals surface area contributed by atoms with Crippen LogP contribution in [-0.2, 0) is 0 Å². The zero-order chi connectivity index (χ0) is 16.9. The molecule has 0 saturated heterocycles. The molecule has 0 aliphatic heterocycles. The van der Waals surface area contributed by atoms with Crippen LogP contribution in [-0.4, -0.2) is 16.6 Å². The van der Waals surface area contributed by atoms with Crippen LogP contribution in [0, 0.1) is 5.41 Å². The van der Waals surface area contributed by atoms with Crippen LogP contribution in [0.2, 0.25) is 0 Å². The quantitative estimate of drug-likeness (QED) is 0.667. The van der Waals surface area contributed by atoms with Gasteiger partial charge in [-0.05, 0) is 62.3 Å². The minimum Gasteiger partial charge on any atom is -0.267 e. The van der Waals surface area contributed by atoms with Crippen molar-refractivity contribution < 1.29 is 4.79 Å². The molecule has 1 aliphatic carbocycles. The van der Waals surface area contributed by atoms with Crippen molar-refractivity contribution in [3.05, 3.63) is 53.4 Å². The Balaban J connectivity index is 2.03. The number of hydrazone groups is 1. The van der Waals surface area contributed by atoms with Gasteiger partial charge in [0, 0.05) is 18.0 Å². The number of hydrogen-bond acceptors (Lipinski definition) is 3. The van der Waals surface area contributed by atoms with Crippen LogP contribution < -0.4 is 5.43 Å². The summed E-state index contributed by atoms with van der Waals surface area (Å²) < 4.78 is 0. The van der Waals surface area contributed by atoms with Crippen LogP contribution in [0.5, 0.6) is 0 Å². The van der Waals surface area contributed by atoms with E-state index in [-0.39, 0.29) is 11.3 Å². The third-order valence-electron chi connectivity index (χ3n) is 4.31. The van der Waals surface area contributed by atoms with E-state index in [2.05, 4.69) is 42.4 Å². The number of aromatic nitrogens is 1. The van der Waals surface area contributed by atoms with Gasteiger partial charge in [0.2, 0.25) is 0 Å². The lowest BCUT2D eigenvalue weighted by Gasteiger charge is -2.32. The fraction of sp³-hybridized carbons (Fsp3) is 0.421. The monoisotopic (exact) mass is 311 g/mol. The molecule has 0 fully saturated rings. The number of rotatable bonds is 4. The van der Waals surface area contributed by atoms with Crippen molar-refractivity contribution in [3.8, 4) is 0 Å². The number of hydrogen-bond donors (Lipinski definition) is 1. The van der Waals surface area contributed by atoms with Crippen LogP contribution in [0.25, 0.3) is 0 Å². The molecule has 1 aliphatic rings. The summed E-state index contributed by atoms with van der Waals surface area (Å²) in [4.78, 5) is 15.8. The predicted octanol–water partition coefficient (Wildman–Crippen LogP) is 4.27. The molecule has 1 heterocycles. The summed E-state index contributed by atoms with van der Waals surface area (Å²) in [6, 6.07) is 3.32. The average Bonchev–Trinajstić information content (AvgIpc) is 2.52. The van der Waals surface area contributed by atoms with Crippen molar-refractivity contribution in [2.45, 2.75) is 47.0 Å². The Kier molecular flexibility index (Phi) is 5.48. The zero-order valence-corrected chi connectivity index (χ0v) is 14.4. The average molecular weight is 311 g/mol. The highest BCUT2D eigenvalue weighted by atomic mass is 16.2. The maximum Gasteiger partial charge on any atom is 0.271 e. The van der Waals surface area contributed by atoms with Gasteiger partial charge in [-0.15, -0.1) is 0 Å². The molecular formula is C19H25N3O. The first-order valence-electron chi connectivity index (χ1n) is 8.03. The molecule has 0 saturated carbocycles. The molecule has 4 nitrogen and oxygen atoms in total. The van der Waals surface area contributed by atoms with E-state index in [1.807, 2.05) is 13.0 Å². The van der Waals surface area contributed by atoms with Crippen molar-refractivity contribution in [2.75, 3.05) is 0 Å². The Morgan fingerprint density at radius 1 is 1.35 bits per heavy atom. The number of carbonyl (C=O) groups excluding carboxylic acids is 1. The third-order valence-corrected chi connectivity index (χ3v) is 4.31. The van der Waals surface area contributed by atoms with E-state index in [1.54, 1.807) is 24.5 Å². The Labute approximate surface area is 138 Å². The van der Waals surface area contributed by atoms with Gasteiger partial charge < -0.3 is 0 Å². The van der Waals surface area contributed by atoms with Gasteiger partial charge in [-0.3, -0.25) is 9.78 Å². The first-order valence-corrected chi connectivity index (χ1v) is 8.03. The molecule has 23 heavy (non-hydrogen) atoms. The lowest BCUT2D eigenvalue weighted by molar-refractivity contribution is 0.0954. The van der Waals surface area contributed by atoms with Gasteiger partial charge in [0.15, 0.2) is 0 Å². The van der Waals surface area contributed by atoms with Crippen molar-refractivity contribution in [2.24, 2.45) is 10.5 Å². The molecule has 0 atom stereocenters. The number of carbonyl (C=O) groups is 1. The summed E-state index contributed by atoms with van der Waals surface area (Å²) in [5.41, 5.74) is 6.94. The van der Waals surface area contributed by atoms with E-state index in [4.69, 9.17) is 0 Å². The molecule has 122 valence electrons. The van der Waals surface area contributed by atoms with E-state index in [0.717, 1.165) is 12.1 Å². The summed E-state index contributed by atoms with van der Waals surface area (Å²) in [5, 5.41) is 4.14. The van der Waals surface area contributed by atoms with Crippen LogP contribution in [0.15, 0.2) is 52.9 Å². The zero-order valence-electron chi connectivity index (χ0n) is 14.4. The molecular weight excluding hydrogens is 286 g/mol. The predicted molar refractivity (Wildman–Crippen MR) is 94.3 cm³/mol. The molecule has 0 spiro atoms. The molecule has 0 aromatic carbocycles. The van der Waals surface area contributed by atoms with Gasteiger partial charge in [-0.25, -0.2) is 5.43 Å². The van der Waals surface area contributed by atoms with Crippen molar-refractivity contribution >= 4 is 11.6 Å². The Morgan fingerprint density at radius 2 is 2.04 bits per heavy atom. The largest absolute Gasteiger partial charge is 0.271 e. The van der Waals surface area contributed by atoms with Gasteiger partial charge in [0.25, 0.3) is 5.91 Å². The highest BCUT2D eigenvalue weighted by molar-refractivity contribution is 5.97. The molecule has 0 bridgehead atoms. The lowest BCUT2D eigenvalue weighted by Crippen LogP contribution is -2.20. The molecule has 1 N–H and O–H groups in total.